The predicted octanol–water partition coefficient (Wildman–Crippen LogP) is -0.190. The van der Waals surface area contributed by atoms with Crippen molar-refractivity contribution in [1.29, 1.82) is 0 Å². The lowest BCUT2D eigenvalue weighted by Crippen LogP contribution is -2.45. The summed E-state index contributed by atoms with van der Waals surface area (Å²) >= 11 is 0. The normalized spacial score (nSPS) is 11.9. The van der Waals surface area contributed by atoms with E-state index in [-0.39, 0.29) is 13.2 Å². The second-order valence-corrected chi connectivity index (χ2v) is 4.17. The van der Waals surface area contributed by atoms with Crippen molar-refractivity contribution in [1.82, 2.24) is 4.90 Å². The fourth-order valence-corrected chi connectivity index (χ4v) is 1.70. The molecule has 6 heteroatoms. The number of amides is 1. The van der Waals surface area contributed by atoms with Gasteiger partial charge >= 0.3 is 5.97 Å². The molecule has 19 heavy (non-hydrogen) atoms. The SMILES string of the molecule is NC(CC(=O)O)C(=O)N(CCO)Cc1ccccc1. The molecule has 0 radical (unpaired) electrons. The first kappa shape index (κ1) is 15.1. The summed E-state index contributed by atoms with van der Waals surface area (Å²) < 4.78 is 0. The molecular formula is C13H18N2O4. The molecule has 0 fully saturated rings. The lowest BCUT2D eigenvalue weighted by atomic mass is 10.1. The van der Waals surface area contributed by atoms with E-state index in [1.807, 2.05) is 30.3 Å². The maximum atomic E-state index is 12.0. The first-order valence-electron chi connectivity index (χ1n) is 5.95. The number of carboxylic acid groups (broad SMARTS) is 1. The number of benzene rings is 1. The van der Waals surface area contributed by atoms with Crippen LogP contribution in [-0.4, -0.2) is 46.2 Å². The summed E-state index contributed by atoms with van der Waals surface area (Å²) in [7, 11) is 0. The molecule has 1 rings (SSSR count). The summed E-state index contributed by atoms with van der Waals surface area (Å²) in [5.41, 5.74) is 6.44. The van der Waals surface area contributed by atoms with Crippen molar-refractivity contribution in [3.8, 4) is 0 Å². The van der Waals surface area contributed by atoms with Crippen LogP contribution < -0.4 is 5.73 Å². The molecular weight excluding hydrogens is 248 g/mol. The van der Waals surface area contributed by atoms with Crippen molar-refractivity contribution < 1.29 is 19.8 Å². The van der Waals surface area contributed by atoms with Gasteiger partial charge in [0, 0.05) is 13.1 Å². The Hall–Kier alpha value is -1.92. The minimum Gasteiger partial charge on any atom is -0.481 e. The van der Waals surface area contributed by atoms with E-state index in [1.165, 1.54) is 4.90 Å². The van der Waals surface area contributed by atoms with Crippen LogP contribution in [0.25, 0.3) is 0 Å². The monoisotopic (exact) mass is 266 g/mol. The number of aliphatic hydroxyl groups is 1. The first-order chi connectivity index (χ1) is 9.04. The van der Waals surface area contributed by atoms with Crippen molar-refractivity contribution in [2.75, 3.05) is 13.2 Å². The van der Waals surface area contributed by atoms with E-state index in [2.05, 4.69) is 0 Å². The summed E-state index contributed by atoms with van der Waals surface area (Å²) in [5, 5.41) is 17.6. The Balaban J connectivity index is 2.71. The summed E-state index contributed by atoms with van der Waals surface area (Å²) in [5.74, 6) is -1.59. The van der Waals surface area contributed by atoms with Crippen LogP contribution in [0.4, 0.5) is 0 Å². The molecule has 0 bridgehead atoms. The molecule has 1 unspecified atom stereocenters. The van der Waals surface area contributed by atoms with Crippen molar-refractivity contribution in [3.63, 3.8) is 0 Å². The van der Waals surface area contributed by atoms with Gasteiger partial charge in [0.1, 0.15) is 0 Å². The number of nitrogens with zero attached hydrogens (tertiary/aromatic N) is 1. The fourth-order valence-electron chi connectivity index (χ4n) is 1.70. The Morgan fingerprint density at radius 1 is 1.26 bits per heavy atom. The molecule has 0 heterocycles. The molecule has 1 atom stereocenters. The van der Waals surface area contributed by atoms with E-state index >= 15 is 0 Å². The van der Waals surface area contributed by atoms with E-state index < -0.39 is 24.3 Å². The van der Waals surface area contributed by atoms with Gasteiger partial charge in [0.15, 0.2) is 0 Å². The first-order valence-corrected chi connectivity index (χ1v) is 5.95. The van der Waals surface area contributed by atoms with Gasteiger partial charge in [-0.05, 0) is 5.56 Å². The molecule has 4 N–H and O–H groups in total. The van der Waals surface area contributed by atoms with Gasteiger partial charge in [0.25, 0.3) is 0 Å². The molecule has 0 aromatic heterocycles. The van der Waals surface area contributed by atoms with Crippen LogP contribution in [0, 0.1) is 0 Å². The summed E-state index contributed by atoms with van der Waals surface area (Å²) in [4.78, 5) is 23.9. The predicted molar refractivity (Wildman–Crippen MR) is 69.2 cm³/mol. The Bertz CT molecular complexity index is 422. The van der Waals surface area contributed by atoms with Crippen LogP contribution in [0.1, 0.15) is 12.0 Å². The molecule has 0 spiro atoms. The number of nitrogens with two attached hydrogens (primary N) is 1. The fraction of sp³-hybridized carbons (Fsp3) is 0.385. The van der Waals surface area contributed by atoms with E-state index in [9.17, 15) is 9.59 Å². The van der Waals surface area contributed by atoms with E-state index in [0.29, 0.717) is 6.54 Å². The zero-order chi connectivity index (χ0) is 14.3. The number of carboxylic acids is 1. The van der Waals surface area contributed by atoms with Gasteiger partial charge < -0.3 is 20.8 Å². The van der Waals surface area contributed by atoms with Crippen LogP contribution in [-0.2, 0) is 16.1 Å². The lowest BCUT2D eigenvalue weighted by Gasteiger charge is -2.24. The van der Waals surface area contributed by atoms with Gasteiger partial charge in [-0.1, -0.05) is 30.3 Å². The standard InChI is InChI=1S/C13H18N2O4/c14-11(8-12(17)18)13(19)15(6-7-16)9-10-4-2-1-3-5-10/h1-5,11,16H,6-9,14H2,(H,17,18). The van der Waals surface area contributed by atoms with Crippen LogP contribution in [0.15, 0.2) is 30.3 Å². The zero-order valence-corrected chi connectivity index (χ0v) is 10.5. The number of carbonyl (C=O) groups excluding carboxylic acids is 1. The largest absolute Gasteiger partial charge is 0.481 e. The number of hydrogen-bond acceptors (Lipinski definition) is 4. The molecule has 104 valence electrons. The molecule has 0 saturated heterocycles. The second kappa shape index (κ2) is 7.50. The topological polar surface area (TPSA) is 104 Å². The van der Waals surface area contributed by atoms with Gasteiger partial charge in [-0.15, -0.1) is 0 Å². The van der Waals surface area contributed by atoms with E-state index in [1.54, 1.807) is 0 Å². The highest BCUT2D eigenvalue weighted by molar-refractivity contribution is 5.85. The third kappa shape index (κ3) is 5.07. The molecule has 1 aromatic carbocycles. The lowest BCUT2D eigenvalue weighted by molar-refractivity contribution is -0.142. The Morgan fingerprint density at radius 2 is 1.89 bits per heavy atom. The van der Waals surface area contributed by atoms with E-state index in [0.717, 1.165) is 5.56 Å². The summed E-state index contributed by atoms with van der Waals surface area (Å²) in [6, 6.07) is 8.15. The minimum absolute atomic E-state index is 0.126. The highest BCUT2D eigenvalue weighted by atomic mass is 16.4. The van der Waals surface area contributed by atoms with Crippen molar-refractivity contribution in [3.05, 3.63) is 35.9 Å². The highest BCUT2D eigenvalue weighted by Gasteiger charge is 2.22. The summed E-state index contributed by atoms with van der Waals surface area (Å²) in [6.45, 7) is 0.229. The minimum atomic E-state index is -1.12. The second-order valence-electron chi connectivity index (χ2n) is 4.17. The number of aliphatic carboxylic acids is 1. The number of aliphatic hydroxyl groups excluding tert-OH is 1. The van der Waals surface area contributed by atoms with Crippen LogP contribution in [0.5, 0.6) is 0 Å². The zero-order valence-electron chi connectivity index (χ0n) is 10.5. The number of hydrogen-bond donors (Lipinski definition) is 3. The van der Waals surface area contributed by atoms with Crippen LogP contribution in [0.2, 0.25) is 0 Å². The van der Waals surface area contributed by atoms with E-state index in [4.69, 9.17) is 15.9 Å². The highest BCUT2D eigenvalue weighted by Crippen LogP contribution is 2.06. The van der Waals surface area contributed by atoms with Gasteiger partial charge in [0.05, 0.1) is 19.1 Å². The van der Waals surface area contributed by atoms with Crippen molar-refractivity contribution >= 4 is 11.9 Å². The molecule has 0 saturated carbocycles. The average Bonchev–Trinajstić information content (AvgIpc) is 2.38. The number of rotatable bonds is 7. The molecule has 0 aliphatic carbocycles. The molecule has 0 aliphatic rings. The Kier molecular flexibility index (Phi) is 5.98. The molecule has 0 aliphatic heterocycles. The van der Waals surface area contributed by atoms with Gasteiger partial charge in [0.2, 0.25) is 5.91 Å². The molecule has 1 amide bonds. The maximum absolute atomic E-state index is 12.0. The summed E-state index contributed by atoms with van der Waals surface area (Å²) in [6.07, 6.45) is -0.421. The van der Waals surface area contributed by atoms with Gasteiger partial charge in [-0.3, -0.25) is 9.59 Å². The van der Waals surface area contributed by atoms with Crippen molar-refractivity contribution in [2.45, 2.75) is 19.0 Å². The van der Waals surface area contributed by atoms with Gasteiger partial charge in [-0.2, -0.15) is 0 Å². The Labute approximate surface area is 111 Å². The quantitative estimate of drug-likeness (QED) is 0.634. The smallest absolute Gasteiger partial charge is 0.305 e. The maximum Gasteiger partial charge on any atom is 0.305 e. The van der Waals surface area contributed by atoms with Gasteiger partial charge in [-0.25, -0.2) is 0 Å². The van der Waals surface area contributed by atoms with Crippen LogP contribution >= 0.6 is 0 Å². The molecule has 1 aromatic rings. The average molecular weight is 266 g/mol. The third-order valence-corrected chi connectivity index (χ3v) is 2.61. The Morgan fingerprint density at radius 3 is 2.42 bits per heavy atom. The third-order valence-electron chi connectivity index (χ3n) is 2.61. The van der Waals surface area contributed by atoms with Crippen LogP contribution in [0.3, 0.4) is 0 Å². The van der Waals surface area contributed by atoms with Crippen molar-refractivity contribution in [2.24, 2.45) is 5.73 Å². The number of carbonyl (C=O) groups is 2. The molecule has 6 nitrogen and oxygen atoms in total.